The summed E-state index contributed by atoms with van der Waals surface area (Å²) in [4.78, 5) is 15.9. The van der Waals surface area contributed by atoms with Crippen LogP contribution in [0.15, 0.2) is 28.3 Å². The van der Waals surface area contributed by atoms with Crippen molar-refractivity contribution in [1.82, 2.24) is 19.7 Å². The van der Waals surface area contributed by atoms with E-state index in [0.29, 0.717) is 10.9 Å². The SMILES string of the molecule is CNc1ncccc1CSc1n[nH]c(=O)n1C(C)C. The molecule has 2 heterocycles. The number of rotatable bonds is 5. The standard InChI is InChI=1S/C12H17N5OS/c1-8(2)17-11(18)15-16-12(17)19-7-9-5-4-6-14-10(9)13-3/h4-6,8H,7H2,1-3H3,(H,13,14)(H,15,18). The summed E-state index contributed by atoms with van der Waals surface area (Å²) in [5, 5.41) is 10.3. The Balaban J connectivity index is 2.17. The maximum absolute atomic E-state index is 11.6. The number of pyridine rings is 1. The highest BCUT2D eigenvalue weighted by molar-refractivity contribution is 7.98. The average molecular weight is 279 g/mol. The maximum atomic E-state index is 11.6. The fourth-order valence-electron chi connectivity index (χ4n) is 1.77. The van der Waals surface area contributed by atoms with Crippen molar-refractivity contribution >= 4 is 17.6 Å². The lowest BCUT2D eigenvalue weighted by Crippen LogP contribution is -2.19. The molecule has 0 bridgehead atoms. The van der Waals surface area contributed by atoms with Crippen LogP contribution in [0.5, 0.6) is 0 Å². The zero-order valence-corrected chi connectivity index (χ0v) is 12.0. The van der Waals surface area contributed by atoms with Gasteiger partial charge in [0, 0.05) is 30.6 Å². The smallest absolute Gasteiger partial charge is 0.344 e. The van der Waals surface area contributed by atoms with E-state index in [1.807, 2.05) is 33.0 Å². The quantitative estimate of drug-likeness (QED) is 0.817. The summed E-state index contributed by atoms with van der Waals surface area (Å²) in [6, 6.07) is 4.00. The molecule has 2 rings (SSSR count). The highest BCUT2D eigenvalue weighted by atomic mass is 32.2. The number of nitrogens with zero attached hydrogens (tertiary/aromatic N) is 3. The number of H-pyrrole nitrogens is 1. The summed E-state index contributed by atoms with van der Waals surface area (Å²) in [5.41, 5.74) is 0.915. The van der Waals surface area contributed by atoms with Crippen molar-refractivity contribution in [1.29, 1.82) is 0 Å². The summed E-state index contributed by atoms with van der Waals surface area (Å²) in [6.45, 7) is 3.92. The third kappa shape index (κ3) is 2.98. The molecule has 0 atom stereocenters. The molecule has 0 aliphatic carbocycles. The number of hydrogen-bond donors (Lipinski definition) is 2. The number of aromatic nitrogens is 4. The summed E-state index contributed by atoms with van der Waals surface area (Å²) in [6.07, 6.45) is 1.75. The second kappa shape index (κ2) is 5.92. The Bertz CT molecular complexity index is 604. The Hall–Kier alpha value is -1.76. The van der Waals surface area contributed by atoms with Gasteiger partial charge in [-0.15, -0.1) is 5.10 Å². The Morgan fingerprint density at radius 2 is 2.32 bits per heavy atom. The number of anilines is 1. The second-order valence-electron chi connectivity index (χ2n) is 4.32. The van der Waals surface area contributed by atoms with Crippen LogP contribution in [0.4, 0.5) is 5.82 Å². The molecule has 0 saturated heterocycles. The van der Waals surface area contributed by atoms with E-state index in [2.05, 4.69) is 20.5 Å². The minimum absolute atomic E-state index is 0.0893. The zero-order valence-electron chi connectivity index (χ0n) is 11.2. The zero-order chi connectivity index (χ0) is 13.8. The fourth-order valence-corrected chi connectivity index (χ4v) is 2.83. The van der Waals surface area contributed by atoms with E-state index in [9.17, 15) is 4.79 Å². The number of hydrogen-bond acceptors (Lipinski definition) is 5. The minimum atomic E-state index is -0.169. The molecule has 102 valence electrons. The summed E-state index contributed by atoms with van der Waals surface area (Å²) in [7, 11) is 1.84. The van der Waals surface area contributed by atoms with Gasteiger partial charge in [0.25, 0.3) is 0 Å². The highest BCUT2D eigenvalue weighted by Crippen LogP contribution is 2.24. The first kappa shape index (κ1) is 13.7. The molecule has 2 aromatic heterocycles. The van der Waals surface area contributed by atoms with E-state index in [1.165, 1.54) is 11.8 Å². The van der Waals surface area contributed by atoms with Crippen LogP contribution >= 0.6 is 11.8 Å². The Morgan fingerprint density at radius 1 is 1.53 bits per heavy atom. The summed E-state index contributed by atoms with van der Waals surface area (Å²) in [5.74, 6) is 1.56. The molecule has 7 heteroatoms. The summed E-state index contributed by atoms with van der Waals surface area (Å²) >= 11 is 1.52. The Kier molecular flexibility index (Phi) is 4.26. The van der Waals surface area contributed by atoms with Crippen molar-refractivity contribution in [3.05, 3.63) is 34.4 Å². The van der Waals surface area contributed by atoms with Gasteiger partial charge in [-0.1, -0.05) is 17.8 Å². The van der Waals surface area contributed by atoms with E-state index in [0.717, 1.165) is 11.4 Å². The van der Waals surface area contributed by atoms with Crippen LogP contribution in [-0.4, -0.2) is 26.8 Å². The molecule has 0 radical (unpaired) electrons. The minimum Gasteiger partial charge on any atom is -0.373 e. The molecule has 0 saturated carbocycles. The van der Waals surface area contributed by atoms with E-state index in [4.69, 9.17) is 0 Å². The first-order chi connectivity index (χ1) is 9.13. The van der Waals surface area contributed by atoms with Crippen LogP contribution in [0.3, 0.4) is 0 Å². The molecule has 0 aromatic carbocycles. The lowest BCUT2D eigenvalue weighted by atomic mass is 10.3. The fraction of sp³-hybridized carbons (Fsp3) is 0.417. The monoisotopic (exact) mass is 279 g/mol. The van der Waals surface area contributed by atoms with E-state index >= 15 is 0 Å². The van der Waals surface area contributed by atoms with E-state index in [-0.39, 0.29) is 11.7 Å². The molecule has 0 amide bonds. The van der Waals surface area contributed by atoms with Crippen LogP contribution in [0.2, 0.25) is 0 Å². The number of nitrogens with one attached hydrogen (secondary N) is 2. The number of aromatic amines is 1. The lowest BCUT2D eigenvalue weighted by molar-refractivity contribution is 0.534. The largest absolute Gasteiger partial charge is 0.373 e. The molecular formula is C12H17N5OS. The van der Waals surface area contributed by atoms with E-state index in [1.54, 1.807) is 10.8 Å². The third-order valence-corrected chi connectivity index (χ3v) is 3.67. The van der Waals surface area contributed by atoms with Crippen LogP contribution < -0.4 is 11.0 Å². The van der Waals surface area contributed by atoms with Crippen LogP contribution in [0, 0.1) is 0 Å². The third-order valence-electron chi connectivity index (χ3n) is 2.67. The van der Waals surface area contributed by atoms with Gasteiger partial charge < -0.3 is 5.32 Å². The molecule has 0 aliphatic rings. The van der Waals surface area contributed by atoms with Gasteiger partial charge in [0.1, 0.15) is 5.82 Å². The van der Waals surface area contributed by atoms with Crippen molar-refractivity contribution in [2.75, 3.05) is 12.4 Å². The topological polar surface area (TPSA) is 75.6 Å². The van der Waals surface area contributed by atoms with Crippen molar-refractivity contribution < 1.29 is 0 Å². The van der Waals surface area contributed by atoms with Gasteiger partial charge in [0.2, 0.25) is 0 Å². The second-order valence-corrected chi connectivity index (χ2v) is 5.27. The lowest BCUT2D eigenvalue weighted by Gasteiger charge is -2.10. The van der Waals surface area contributed by atoms with Crippen LogP contribution in [0.1, 0.15) is 25.5 Å². The van der Waals surface area contributed by atoms with Crippen molar-refractivity contribution in [3.63, 3.8) is 0 Å². The maximum Gasteiger partial charge on any atom is 0.344 e. The van der Waals surface area contributed by atoms with Crippen molar-refractivity contribution in [2.24, 2.45) is 0 Å². The Morgan fingerprint density at radius 3 is 3.00 bits per heavy atom. The van der Waals surface area contributed by atoms with Gasteiger partial charge in [0.15, 0.2) is 5.16 Å². The van der Waals surface area contributed by atoms with Gasteiger partial charge in [0.05, 0.1) is 0 Å². The van der Waals surface area contributed by atoms with Crippen molar-refractivity contribution in [3.8, 4) is 0 Å². The first-order valence-corrected chi connectivity index (χ1v) is 7.03. The van der Waals surface area contributed by atoms with Crippen LogP contribution in [0.25, 0.3) is 0 Å². The Labute approximate surface area is 115 Å². The van der Waals surface area contributed by atoms with Gasteiger partial charge in [-0.2, -0.15) is 0 Å². The molecular weight excluding hydrogens is 262 g/mol. The number of thioether (sulfide) groups is 1. The molecule has 19 heavy (non-hydrogen) atoms. The molecule has 2 aromatic rings. The molecule has 0 fully saturated rings. The van der Waals surface area contributed by atoms with Gasteiger partial charge in [-0.05, 0) is 19.9 Å². The molecule has 6 nitrogen and oxygen atoms in total. The molecule has 0 aliphatic heterocycles. The molecule has 0 unspecified atom stereocenters. The predicted molar refractivity (Wildman–Crippen MR) is 76.6 cm³/mol. The normalized spacial score (nSPS) is 10.9. The first-order valence-electron chi connectivity index (χ1n) is 6.04. The van der Waals surface area contributed by atoms with Gasteiger partial charge in [-0.3, -0.25) is 4.57 Å². The average Bonchev–Trinajstić information content (AvgIpc) is 2.78. The molecule has 2 N–H and O–H groups in total. The van der Waals surface area contributed by atoms with Gasteiger partial charge in [-0.25, -0.2) is 14.9 Å². The summed E-state index contributed by atoms with van der Waals surface area (Å²) < 4.78 is 1.65. The van der Waals surface area contributed by atoms with E-state index < -0.39 is 0 Å². The van der Waals surface area contributed by atoms with Gasteiger partial charge >= 0.3 is 5.69 Å². The molecule has 0 spiro atoms. The highest BCUT2D eigenvalue weighted by Gasteiger charge is 2.12. The van der Waals surface area contributed by atoms with Crippen molar-refractivity contribution in [2.45, 2.75) is 30.8 Å². The van der Waals surface area contributed by atoms with Crippen LogP contribution in [-0.2, 0) is 5.75 Å². The predicted octanol–water partition coefficient (Wildman–Crippen LogP) is 1.88.